The molecule has 0 bridgehead atoms. The summed E-state index contributed by atoms with van der Waals surface area (Å²) in [7, 11) is 5.78. The molecule has 1 fully saturated rings. The molecule has 0 spiro atoms. The molecule has 1 aromatic carbocycles. The number of nitrogens with zero attached hydrogens (tertiary/aromatic N) is 2. The number of hydrogen-bond donors (Lipinski definition) is 2. The lowest BCUT2D eigenvalue weighted by Crippen LogP contribution is -3.06. The maximum absolute atomic E-state index is 12.8. The van der Waals surface area contributed by atoms with Gasteiger partial charge in [-0.1, -0.05) is 18.2 Å². The van der Waals surface area contributed by atoms with Crippen LogP contribution in [0.15, 0.2) is 30.3 Å². The number of hydrogen-bond acceptors (Lipinski definition) is 3. The lowest BCUT2D eigenvalue weighted by molar-refractivity contribution is -0.859. The van der Waals surface area contributed by atoms with E-state index in [1.165, 1.54) is 14.7 Å². The Labute approximate surface area is 147 Å². The predicted octanol–water partition coefficient (Wildman–Crippen LogP) is -1.92. The van der Waals surface area contributed by atoms with Crippen LogP contribution >= 0.6 is 12.2 Å². The van der Waals surface area contributed by atoms with Crippen LogP contribution < -0.4 is 14.8 Å². The molecular weight excluding hydrogens is 324 g/mol. The van der Waals surface area contributed by atoms with Gasteiger partial charge >= 0.3 is 0 Å². The van der Waals surface area contributed by atoms with E-state index in [4.69, 9.17) is 12.2 Å². The van der Waals surface area contributed by atoms with Crippen LogP contribution in [0.1, 0.15) is 6.42 Å². The van der Waals surface area contributed by atoms with Crippen LogP contribution in [0.3, 0.4) is 0 Å². The lowest BCUT2D eigenvalue weighted by Gasteiger charge is -2.35. The molecule has 1 aromatic rings. The van der Waals surface area contributed by atoms with Gasteiger partial charge in [-0.25, -0.2) is 0 Å². The molecule has 0 unspecified atom stereocenters. The number of carbonyl (C=O) groups excluding carboxylic acids is 2. The molecule has 0 saturated carbocycles. The van der Waals surface area contributed by atoms with Crippen LogP contribution in [0.2, 0.25) is 0 Å². The van der Waals surface area contributed by atoms with Gasteiger partial charge in [-0.3, -0.25) is 24.4 Å². The van der Waals surface area contributed by atoms with E-state index in [9.17, 15) is 9.59 Å². The largest absolute Gasteiger partial charge is 0.340 e. The summed E-state index contributed by atoms with van der Waals surface area (Å²) in [4.78, 5) is 32.4. The van der Waals surface area contributed by atoms with E-state index in [2.05, 4.69) is 19.1 Å². The van der Waals surface area contributed by atoms with E-state index in [1.807, 2.05) is 18.2 Å². The molecule has 2 N–H and O–H groups in total. The van der Waals surface area contributed by atoms with Crippen LogP contribution in [0.4, 0.5) is 5.69 Å². The zero-order valence-corrected chi connectivity index (χ0v) is 15.1. The predicted molar refractivity (Wildman–Crippen MR) is 97.0 cm³/mol. The number of nitrogens with one attached hydrogen (secondary N) is 2. The Bertz CT molecular complexity index is 645. The van der Waals surface area contributed by atoms with E-state index in [0.29, 0.717) is 5.69 Å². The minimum absolute atomic E-state index is 0.206. The topological polar surface area (TPSA) is 59.0 Å². The second-order valence-corrected chi connectivity index (χ2v) is 6.46. The first-order valence-electron chi connectivity index (χ1n) is 7.99. The number of carbonyl (C=O) groups is 2. The molecule has 1 heterocycles. The highest BCUT2D eigenvalue weighted by Gasteiger charge is 2.43. The standard InChI is InChI=1S/C17H22N4O2S/c1-19(2)11-7-10-18-12-14-15(22)20(3)17(24)21(16(14)23)13-8-5-4-6-9-13/h4-6,8-9,12,14H,7,10-11H2,1-3H3/p+2/t14-/m1/s1. The van der Waals surface area contributed by atoms with Gasteiger partial charge in [-0.15, -0.1) is 0 Å². The van der Waals surface area contributed by atoms with Gasteiger partial charge in [0.2, 0.25) is 0 Å². The van der Waals surface area contributed by atoms with Crippen molar-refractivity contribution in [3.05, 3.63) is 30.3 Å². The molecule has 6 nitrogen and oxygen atoms in total. The molecule has 0 radical (unpaired) electrons. The average Bonchev–Trinajstić information content (AvgIpc) is 2.56. The number of rotatable bonds is 6. The zero-order chi connectivity index (χ0) is 17.7. The highest BCUT2D eigenvalue weighted by Crippen LogP contribution is 2.22. The summed E-state index contributed by atoms with van der Waals surface area (Å²) in [6.45, 7) is 1.75. The SMILES string of the molecule is CN1C(=O)[C@@H](C=[NH+]CCC[NH+](C)C)C(=O)N(c2ccccc2)C1=S. The Kier molecular flexibility index (Phi) is 6.16. The minimum Gasteiger partial charge on any atom is -0.340 e. The molecule has 128 valence electrons. The first kappa shape index (κ1) is 18.2. The number of amides is 2. The summed E-state index contributed by atoms with van der Waals surface area (Å²) in [6, 6.07) is 9.15. The van der Waals surface area contributed by atoms with Gasteiger partial charge < -0.3 is 4.90 Å². The summed E-state index contributed by atoms with van der Waals surface area (Å²) >= 11 is 5.29. The van der Waals surface area contributed by atoms with E-state index < -0.39 is 5.92 Å². The van der Waals surface area contributed by atoms with Gasteiger partial charge in [0, 0.05) is 7.05 Å². The van der Waals surface area contributed by atoms with Gasteiger partial charge in [0.1, 0.15) is 6.54 Å². The highest BCUT2D eigenvalue weighted by molar-refractivity contribution is 7.80. The summed E-state index contributed by atoms with van der Waals surface area (Å²) in [5, 5.41) is 0.206. The van der Waals surface area contributed by atoms with E-state index >= 15 is 0 Å². The smallest absolute Gasteiger partial charge is 0.256 e. The van der Waals surface area contributed by atoms with Crippen LogP contribution in [0.5, 0.6) is 0 Å². The summed E-state index contributed by atoms with van der Waals surface area (Å²) in [5.74, 6) is -1.49. The normalized spacial score (nSPS) is 19.0. The summed E-state index contributed by atoms with van der Waals surface area (Å²) < 4.78 is 0. The molecule has 24 heavy (non-hydrogen) atoms. The Hall–Kier alpha value is -2.12. The fraction of sp³-hybridized carbons (Fsp3) is 0.412. The molecule has 1 aliphatic heterocycles. The number of benzene rings is 1. The Balaban J connectivity index is 2.16. The molecule has 1 saturated heterocycles. The van der Waals surface area contributed by atoms with Crippen molar-refractivity contribution in [1.82, 2.24) is 4.90 Å². The third-order valence-electron chi connectivity index (χ3n) is 3.86. The van der Waals surface area contributed by atoms with Crippen molar-refractivity contribution in [2.24, 2.45) is 5.92 Å². The van der Waals surface area contributed by atoms with Crippen LogP contribution in [0.25, 0.3) is 0 Å². The van der Waals surface area contributed by atoms with Crippen LogP contribution in [-0.4, -0.2) is 62.3 Å². The Morgan fingerprint density at radius 3 is 2.50 bits per heavy atom. The van der Waals surface area contributed by atoms with Gasteiger partial charge in [0.05, 0.1) is 32.7 Å². The molecule has 0 aliphatic carbocycles. The third-order valence-corrected chi connectivity index (χ3v) is 4.31. The monoisotopic (exact) mass is 348 g/mol. The van der Waals surface area contributed by atoms with Crippen LogP contribution in [0, 0.1) is 5.92 Å². The van der Waals surface area contributed by atoms with Crippen molar-refractivity contribution in [1.29, 1.82) is 0 Å². The molecule has 7 heteroatoms. The highest BCUT2D eigenvalue weighted by atomic mass is 32.1. The molecular formula is C17H24N4O2S+2. The first-order valence-corrected chi connectivity index (χ1v) is 8.40. The van der Waals surface area contributed by atoms with Gasteiger partial charge in [0.25, 0.3) is 11.8 Å². The van der Waals surface area contributed by atoms with Gasteiger partial charge in [-0.2, -0.15) is 0 Å². The quantitative estimate of drug-likeness (QED) is 0.273. The molecule has 1 aliphatic rings. The summed E-state index contributed by atoms with van der Waals surface area (Å²) in [5.41, 5.74) is 0.668. The maximum Gasteiger partial charge on any atom is 0.256 e. The molecule has 1 atom stereocenters. The van der Waals surface area contributed by atoms with Gasteiger partial charge in [-0.05, 0) is 24.4 Å². The van der Waals surface area contributed by atoms with Crippen molar-refractivity contribution in [2.75, 3.05) is 39.1 Å². The van der Waals surface area contributed by atoms with Crippen LogP contribution in [-0.2, 0) is 9.59 Å². The maximum atomic E-state index is 12.8. The third kappa shape index (κ3) is 4.04. The second-order valence-electron chi connectivity index (χ2n) is 6.10. The molecule has 0 aromatic heterocycles. The summed E-state index contributed by atoms with van der Waals surface area (Å²) in [6.07, 6.45) is 2.55. The van der Waals surface area contributed by atoms with Crippen molar-refractivity contribution in [2.45, 2.75) is 6.42 Å². The average molecular weight is 348 g/mol. The van der Waals surface area contributed by atoms with Crippen molar-refractivity contribution in [3.8, 4) is 0 Å². The fourth-order valence-electron chi connectivity index (χ4n) is 2.49. The number of para-hydroxylation sites is 1. The lowest BCUT2D eigenvalue weighted by atomic mass is 10.0. The van der Waals surface area contributed by atoms with Crippen molar-refractivity contribution >= 4 is 41.0 Å². The number of quaternary nitrogens is 1. The van der Waals surface area contributed by atoms with Crippen molar-refractivity contribution in [3.63, 3.8) is 0 Å². The minimum atomic E-state index is -0.867. The van der Waals surface area contributed by atoms with E-state index in [-0.39, 0.29) is 16.9 Å². The fourth-order valence-corrected chi connectivity index (χ4v) is 2.78. The number of anilines is 1. The first-order chi connectivity index (χ1) is 11.4. The molecule has 2 rings (SSSR count). The Morgan fingerprint density at radius 1 is 1.21 bits per heavy atom. The van der Waals surface area contributed by atoms with Gasteiger partial charge in [0.15, 0.2) is 17.2 Å². The molecule has 2 amide bonds. The van der Waals surface area contributed by atoms with Crippen molar-refractivity contribution < 1.29 is 19.5 Å². The van der Waals surface area contributed by atoms with E-state index in [0.717, 1.165) is 19.5 Å². The second kappa shape index (κ2) is 8.12. The number of thiocarbonyl (C=S) groups is 1. The van der Waals surface area contributed by atoms with E-state index in [1.54, 1.807) is 25.4 Å². The zero-order valence-electron chi connectivity index (χ0n) is 14.3. The Morgan fingerprint density at radius 2 is 1.88 bits per heavy atom.